The summed E-state index contributed by atoms with van der Waals surface area (Å²) in [6.45, 7) is 3.44. The number of rotatable bonds is 7. The fourth-order valence-corrected chi connectivity index (χ4v) is 3.80. The lowest BCUT2D eigenvalue weighted by Gasteiger charge is -2.15. The second kappa shape index (κ2) is 8.44. The number of hydrogen-bond acceptors (Lipinski definition) is 7. The topological polar surface area (TPSA) is 80.0 Å². The molecule has 0 saturated carbocycles. The monoisotopic (exact) mass is 388 g/mol. The van der Waals surface area contributed by atoms with Crippen molar-refractivity contribution >= 4 is 40.5 Å². The molecule has 8 heteroatoms. The van der Waals surface area contributed by atoms with Crippen molar-refractivity contribution in [2.45, 2.75) is 26.4 Å². The van der Waals surface area contributed by atoms with Gasteiger partial charge >= 0.3 is 0 Å². The summed E-state index contributed by atoms with van der Waals surface area (Å²) in [5, 5.41) is 3.25. The molecule has 6 nitrogen and oxygen atoms in total. The highest BCUT2D eigenvalue weighted by Crippen LogP contribution is 2.23. The van der Waals surface area contributed by atoms with Gasteiger partial charge in [0.05, 0.1) is 10.9 Å². The van der Waals surface area contributed by atoms with Gasteiger partial charge in [-0.15, -0.1) is 11.3 Å². The lowest BCUT2D eigenvalue weighted by molar-refractivity contribution is 0.313. The first kappa shape index (κ1) is 18.6. The standard InChI is InChI=1S/C18H21ClN6S/c1-3-12-6-4-5-7-14(12)21-18-23-16(22-17(20)24-18)11-25(2)10-13-8-9-15(19)26-13/h4-9H,3,10-11H2,1-2H3,(H3,20,21,22,23,24). The highest BCUT2D eigenvalue weighted by molar-refractivity contribution is 7.16. The largest absolute Gasteiger partial charge is 0.368 e. The number of hydrogen-bond donors (Lipinski definition) is 2. The van der Waals surface area contributed by atoms with Crippen molar-refractivity contribution in [3.8, 4) is 0 Å². The molecule has 0 aliphatic heterocycles. The van der Waals surface area contributed by atoms with Gasteiger partial charge in [-0.25, -0.2) is 0 Å². The molecule has 3 rings (SSSR count). The quantitative estimate of drug-likeness (QED) is 0.634. The number of nitrogens with two attached hydrogens (primary N) is 1. The number of para-hydroxylation sites is 1. The third-order valence-corrected chi connectivity index (χ3v) is 5.03. The van der Waals surface area contributed by atoms with Gasteiger partial charge in [0.15, 0.2) is 0 Å². The number of nitrogens with one attached hydrogen (secondary N) is 1. The molecule has 0 spiro atoms. The normalized spacial score (nSPS) is 11.1. The Morgan fingerprint density at radius 3 is 2.65 bits per heavy atom. The Morgan fingerprint density at radius 2 is 1.92 bits per heavy atom. The molecule has 0 bridgehead atoms. The average Bonchev–Trinajstić information content (AvgIpc) is 2.99. The van der Waals surface area contributed by atoms with Crippen molar-refractivity contribution in [3.05, 3.63) is 57.0 Å². The van der Waals surface area contributed by atoms with Crippen molar-refractivity contribution in [2.24, 2.45) is 0 Å². The minimum atomic E-state index is 0.207. The Balaban J connectivity index is 1.72. The Kier molecular flexibility index (Phi) is 6.03. The van der Waals surface area contributed by atoms with E-state index in [1.807, 2.05) is 37.4 Å². The number of anilines is 3. The summed E-state index contributed by atoms with van der Waals surface area (Å²) in [4.78, 5) is 16.3. The first-order valence-corrected chi connectivity index (χ1v) is 9.51. The lowest BCUT2D eigenvalue weighted by atomic mass is 10.1. The van der Waals surface area contributed by atoms with Gasteiger partial charge in [0, 0.05) is 17.1 Å². The molecule has 0 amide bonds. The Hall–Kier alpha value is -2.22. The maximum atomic E-state index is 5.99. The Bertz CT molecular complexity index is 882. The molecule has 0 atom stereocenters. The lowest BCUT2D eigenvalue weighted by Crippen LogP contribution is -2.19. The summed E-state index contributed by atoms with van der Waals surface area (Å²) >= 11 is 7.56. The molecule has 2 heterocycles. The number of aromatic nitrogens is 3. The maximum absolute atomic E-state index is 5.99. The van der Waals surface area contributed by atoms with E-state index in [0.717, 1.165) is 23.0 Å². The van der Waals surface area contributed by atoms with Crippen LogP contribution in [0.4, 0.5) is 17.6 Å². The molecule has 2 aromatic heterocycles. The molecule has 0 radical (unpaired) electrons. The molecular weight excluding hydrogens is 368 g/mol. The zero-order valence-corrected chi connectivity index (χ0v) is 16.3. The Morgan fingerprint density at radius 1 is 1.12 bits per heavy atom. The minimum Gasteiger partial charge on any atom is -0.368 e. The van der Waals surface area contributed by atoms with E-state index in [9.17, 15) is 0 Å². The third kappa shape index (κ3) is 4.91. The van der Waals surface area contributed by atoms with E-state index in [2.05, 4.69) is 38.2 Å². The number of benzene rings is 1. The van der Waals surface area contributed by atoms with E-state index in [4.69, 9.17) is 17.3 Å². The van der Waals surface area contributed by atoms with Gasteiger partial charge in [-0.1, -0.05) is 36.7 Å². The second-order valence-corrected chi connectivity index (χ2v) is 7.75. The number of thiophene rings is 1. The number of halogens is 1. The summed E-state index contributed by atoms with van der Waals surface area (Å²) in [7, 11) is 2.01. The number of nitrogen functional groups attached to an aromatic ring is 1. The second-order valence-electron chi connectivity index (χ2n) is 5.95. The van der Waals surface area contributed by atoms with Crippen LogP contribution in [0.2, 0.25) is 4.34 Å². The van der Waals surface area contributed by atoms with E-state index in [1.54, 1.807) is 11.3 Å². The van der Waals surface area contributed by atoms with Crippen molar-refractivity contribution in [1.29, 1.82) is 0 Å². The molecule has 3 aromatic rings. The van der Waals surface area contributed by atoms with Gasteiger partial charge in [-0.3, -0.25) is 4.90 Å². The summed E-state index contributed by atoms with van der Waals surface area (Å²) < 4.78 is 0.791. The predicted molar refractivity (Wildman–Crippen MR) is 108 cm³/mol. The van der Waals surface area contributed by atoms with E-state index < -0.39 is 0 Å². The van der Waals surface area contributed by atoms with Crippen molar-refractivity contribution < 1.29 is 0 Å². The van der Waals surface area contributed by atoms with Crippen LogP contribution in [0.25, 0.3) is 0 Å². The van der Waals surface area contributed by atoms with Crippen molar-refractivity contribution in [2.75, 3.05) is 18.1 Å². The zero-order valence-electron chi connectivity index (χ0n) is 14.7. The predicted octanol–water partition coefficient (Wildman–Crippen LogP) is 4.11. The molecule has 3 N–H and O–H groups in total. The van der Waals surface area contributed by atoms with Gasteiger partial charge in [-0.2, -0.15) is 15.0 Å². The van der Waals surface area contributed by atoms with E-state index in [1.165, 1.54) is 10.4 Å². The summed E-state index contributed by atoms with van der Waals surface area (Å²) in [6, 6.07) is 12.0. The first-order valence-electron chi connectivity index (χ1n) is 8.31. The molecule has 1 aromatic carbocycles. The molecule has 26 heavy (non-hydrogen) atoms. The van der Waals surface area contributed by atoms with Gasteiger partial charge in [0.1, 0.15) is 5.82 Å². The smallest absolute Gasteiger partial charge is 0.232 e. The highest BCUT2D eigenvalue weighted by atomic mass is 35.5. The first-order chi connectivity index (χ1) is 12.5. The Labute approximate surface area is 162 Å². The molecular formula is C18H21ClN6S. The van der Waals surface area contributed by atoms with Crippen molar-refractivity contribution in [3.63, 3.8) is 0 Å². The molecule has 0 fully saturated rings. The minimum absolute atomic E-state index is 0.207. The summed E-state index contributed by atoms with van der Waals surface area (Å²) in [5.41, 5.74) is 8.05. The zero-order chi connectivity index (χ0) is 18.5. The summed E-state index contributed by atoms with van der Waals surface area (Å²) in [5.74, 6) is 1.29. The fraction of sp³-hybridized carbons (Fsp3) is 0.278. The molecule has 136 valence electrons. The van der Waals surface area contributed by atoms with Gasteiger partial charge in [0.25, 0.3) is 0 Å². The fourth-order valence-electron chi connectivity index (χ4n) is 2.64. The van der Waals surface area contributed by atoms with Crippen LogP contribution in [0.5, 0.6) is 0 Å². The van der Waals surface area contributed by atoms with Crippen LogP contribution < -0.4 is 11.1 Å². The van der Waals surface area contributed by atoms with Gasteiger partial charge in [0.2, 0.25) is 11.9 Å². The molecule has 0 unspecified atom stereocenters. The molecule has 0 aliphatic rings. The SMILES string of the molecule is CCc1ccccc1Nc1nc(N)nc(CN(C)Cc2ccc(Cl)s2)n1. The highest BCUT2D eigenvalue weighted by Gasteiger charge is 2.10. The number of aryl methyl sites for hydroxylation is 1. The van der Waals surface area contributed by atoms with Crippen LogP contribution >= 0.6 is 22.9 Å². The molecule has 0 saturated heterocycles. The van der Waals surface area contributed by atoms with Crippen LogP contribution in [0.1, 0.15) is 23.2 Å². The van der Waals surface area contributed by atoms with Crippen LogP contribution in [0, 0.1) is 0 Å². The van der Waals surface area contributed by atoms with Crippen LogP contribution in [-0.2, 0) is 19.5 Å². The van der Waals surface area contributed by atoms with Gasteiger partial charge in [-0.05, 0) is 37.2 Å². The maximum Gasteiger partial charge on any atom is 0.232 e. The average molecular weight is 389 g/mol. The molecule has 0 aliphatic carbocycles. The van der Waals surface area contributed by atoms with E-state index in [-0.39, 0.29) is 5.95 Å². The van der Waals surface area contributed by atoms with E-state index in [0.29, 0.717) is 18.3 Å². The third-order valence-electron chi connectivity index (χ3n) is 3.81. The van der Waals surface area contributed by atoms with E-state index >= 15 is 0 Å². The van der Waals surface area contributed by atoms with Gasteiger partial charge < -0.3 is 11.1 Å². The number of nitrogens with zero attached hydrogens (tertiary/aromatic N) is 4. The summed E-state index contributed by atoms with van der Waals surface area (Å²) in [6.07, 6.45) is 0.919. The van der Waals surface area contributed by atoms with Crippen molar-refractivity contribution in [1.82, 2.24) is 19.9 Å². The van der Waals surface area contributed by atoms with Crippen LogP contribution in [0.15, 0.2) is 36.4 Å². The van der Waals surface area contributed by atoms with Crippen LogP contribution in [0.3, 0.4) is 0 Å². The van der Waals surface area contributed by atoms with Crippen LogP contribution in [-0.4, -0.2) is 26.9 Å².